The van der Waals surface area contributed by atoms with Crippen LogP contribution in [0.2, 0.25) is 0 Å². The molecule has 0 aliphatic rings. The fourth-order valence-corrected chi connectivity index (χ4v) is 3.23. The number of nitrogens with one attached hydrogen (secondary N) is 2. The number of aromatic amines is 2. The second-order valence-electron chi connectivity index (χ2n) is 6.28. The molecule has 2 heterocycles. The molecule has 9 nitrogen and oxygen atoms in total. The second-order valence-corrected chi connectivity index (χ2v) is 6.28. The van der Waals surface area contributed by atoms with E-state index in [1.54, 1.807) is 19.1 Å². The van der Waals surface area contributed by atoms with Gasteiger partial charge in [0.2, 0.25) is 0 Å². The van der Waals surface area contributed by atoms with E-state index >= 15 is 0 Å². The summed E-state index contributed by atoms with van der Waals surface area (Å²) in [6, 6.07) is 9.15. The quantitative estimate of drug-likeness (QED) is 0.497. The number of hydrogen-bond donors (Lipinski definition) is 2. The Labute approximate surface area is 164 Å². The molecule has 0 saturated heterocycles. The van der Waals surface area contributed by atoms with Gasteiger partial charge in [-0.3, -0.25) is 9.59 Å². The maximum absolute atomic E-state index is 12.9. The molecule has 2 aromatic carbocycles. The van der Waals surface area contributed by atoms with Crippen LogP contribution >= 0.6 is 0 Å². The third-order valence-corrected chi connectivity index (χ3v) is 4.42. The molecule has 29 heavy (non-hydrogen) atoms. The van der Waals surface area contributed by atoms with E-state index < -0.39 is 11.1 Å². The zero-order valence-corrected chi connectivity index (χ0v) is 16.0. The minimum absolute atomic E-state index is 0.0290. The molecule has 4 rings (SSSR count). The summed E-state index contributed by atoms with van der Waals surface area (Å²) in [5.74, 6) is 1.61. The molecule has 9 heteroatoms. The Balaban J connectivity index is 1.98. The molecule has 148 valence electrons. The maximum Gasteiger partial charge on any atom is 0.262 e. The summed E-state index contributed by atoms with van der Waals surface area (Å²) >= 11 is 0. The number of para-hydroxylation sites is 1. The lowest BCUT2D eigenvalue weighted by Gasteiger charge is -2.14. The van der Waals surface area contributed by atoms with E-state index in [2.05, 4.69) is 19.9 Å². The zero-order chi connectivity index (χ0) is 20.5. The number of H-pyrrole nitrogens is 2. The lowest BCUT2D eigenvalue weighted by Crippen LogP contribution is -2.18. The molecule has 0 fully saturated rings. The Hall–Kier alpha value is -3.88. The van der Waals surface area contributed by atoms with Crippen molar-refractivity contribution in [3.63, 3.8) is 0 Å². The van der Waals surface area contributed by atoms with Gasteiger partial charge in [-0.05, 0) is 19.1 Å². The molecule has 0 aliphatic carbocycles. The van der Waals surface area contributed by atoms with E-state index in [0.29, 0.717) is 11.6 Å². The van der Waals surface area contributed by atoms with Crippen molar-refractivity contribution in [2.75, 3.05) is 14.2 Å². The van der Waals surface area contributed by atoms with Crippen LogP contribution in [0.5, 0.6) is 17.2 Å². The minimum atomic E-state index is -0.446. The highest BCUT2D eigenvalue weighted by molar-refractivity contribution is 6.07. The Kier molecular flexibility index (Phi) is 4.63. The van der Waals surface area contributed by atoms with Crippen LogP contribution in [0, 0.1) is 6.92 Å². The Bertz CT molecular complexity index is 1330. The van der Waals surface area contributed by atoms with Gasteiger partial charge in [0.1, 0.15) is 45.8 Å². The summed E-state index contributed by atoms with van der Waals surface area (Å²) in [6.45, 7) is 1.67. The molecule has 4 aromatic rings. The predicted molar refractivity (Wildman–Crippen MR) is 107 cm³/mol. The van der Waals surface area contributed by atoms with Crippen molar-refractivity contribution in [3.8, 4) is 17.2 Å². The number of benzene rings is 2. The van der Waals surface area contributed by atoms with Gasteiger partial charge in [-0.15, -0.1) is 0 Å². The van der Waals surface area contributed by atoms with E-state index in [1.807, 2.05) is 18.2 Å². The van der Waals surface area contributed by atoms with Crippen molar-refractivity contribution in [2.45, 2.75) is 13.5 Å². The summed E-state index contributed by atoms with van der Waals surface area (Å²) in [5, 5.41) is 0.313. The Morgan fingerprint density at radius 3 is 2.07 bits per heavy atom. The number of hydrogen-bond acceptors (Lipinski definition) is 7. The SMILES string of the molecule is COc1c2nc(COc3ccccc3)[nH]c(=O)c2c(OC)c2nc(C)[nH]c(=O)c12. The summed E-state index contributed by atoms with van der Waals surface area (Å²) in [5.41, 5.74) is -0.422. The topological polar surface area (TPSA) is 119 Å². The van der Waals surface area contributed by atoms with Gasteiger partial charge in [0.05, 0.1) is 14.2 Å². The van der Waals surface area contributed by atoms with Crippen molar-refractivity contribution in [1.29, 1.82) is 0 Å². The predicted octanol–water partition coefficient (Wildman–Crippen LogP) is 2.06. The highest BCUT2D eigenvalue weighted by Gasteiger charge is 2.23. The van der Waals surface area contributed by atoms with Gasteiger partial charge in [-0.1, -0.05) is 18.2 Å². The van der Waals surface area contributed by atoms with Crippen molar-refractivity contribution in [2.24, 2.45) is 0 Å². The molecule has 0 aliphatic heterocycles. The number of aromatic nitrogens is 4. The van der Waals surface area contributed by atoms with Crippen molar-refractivity contribution < 1.29 is 14.2 Å². The fraction of sp³-hybridized carbons (Fsp3) is 0.200. The van der Waals surface area contributed by atoms with Crippen LogP contribution < -0.4 is 25.3 Å². The number of methoxy groups -OCH3 is 2. The van der Waals surface area contributed by atoms with E-state index in [4.69, 9.17) is 14.2 Å². The van der Waals surface area contributed by atoms with Gasteiger partial charge in [-0.2, -0.15) is 0 Å². The molecule has 2 N–H and O–H groups in total. The van der Waals surface area contributed by atoms with Gasteiger partial charge in [-0.25, -0.2) is 9.97 Å². The molecule has 0 bridgehead atoms. The van der Waals surface area contributed by atoms with E-state index in [-0.39, 0.29) is 45.7 Å². The summed E-state index contributed by atoms with van der Waals surface area (Å²) in [7, 11) is 2.81. The van der Waals surface area contributed by atoms with Crippen LogP contribution in [-0.4, -0.2) is 34.2 Å². The lowest BCUT2D eigenvalue weighted by atomic mass is 10.1. The number of ether oxygens (including phenoxy) is 3. The van der Waals surface area contributed by atoms with Crippen LogP contribution in [0.15, 0.2) is 39.9 Å². The van der Waals surface area contributed by atoms with E-state index in [9.17, 15) is 9.59 Å². The van der Waals surface area contributed by atoms with Gasteiger partial charge in [0.25, 0.3) is 11.1 Å². The zero-order valence-electron chi connectivity index (χ0n) is 16.0. The summed E-state index contributed by atoms with van der Waals surface area (Å²) in [6.07, 6.45) is 0. The van der Waals surface area contributed by atoms with Gasteiger partial charge in [0.15, 0.2) is 11.5 Å². The molecule has 0 unspecified atom stereocenters. The van der Waals surface area contributed by atoms with Crippen LogP contribution in [0.1, 0.15) is 11.6 Å². The first-order valence-corrected chi connectivity index (χ1v) is 8.78. The molecular formula is C20H18N4O5. The largest absolute Gasteiger partial charge is 0.494 e. The molecule has 0 saturated carbocycles. The third-order valence-electron chi connectivity index (χ3n) is 4.42. The third kappa shape index (κ3) is 3.16. The Morgan fingerprint density at radius 1 is 0.862 bits per heavy atom. The minimum Gasteiger partial charge on any atom is -0.494 e. The normalized spacial score (nSPS) is 11.0. The molecule has 0 radical (unpaired) electrons. The van der Waals surface area contributed by atoms with Gasteiger partial charge < -0.3 is 24.2 Å². The number of rotatable bonds is 5. The number of fused-ring (bicyclic) bond motifs is 2. The number of aryl methyl sites for hydroxylation is 1. The second kappa shape index (κ2) is 7.27. The summed E-state index contributed by atoms with van der Waals surface area (Å²) in [4.78, 5) is 39.6. The maximum atomic E-state index is 12.9. The molecule has 0 spiro atoms. The van der Waals surface area contributed by atoms with Crippen LogP contribution in [0.4, 0.5) is 0 Å². The Morgan fingerprint density at radius 2 is 1.45 bits per heavy atom. The average Bonchev–Trinajstić information content (AvgIpc) is 2.71. The van der Waals surface area contributed by atoms with Crippen LogP contribution in [0.3, 0.4) is 0 Å². The number of nitrogens with zero attached hydrogens (tertiary/aromatic N) is 2. The highest BCUT2D eigenvalue weighted by Crippen LogP contribution is 2.37. The molecule has 0 amide bonds. The molecule has 2 aromatic heterocycles. The van der Waals surface area contributed by atoms with Crippen molar-refractivity contribution in [1.82, 2.24) is 19.9 Å². The van der Waals surface area contributed by atoms with E-state index in [0.717, 1.165) is 0 Å². The summed E-state index contributed by atoms with van der Waals surface area (Å²) < 4.78 is 16.6. The highest BCUT2D eigenvalue weighted by atomic mass is 16.5. The standard InChI is InChI=1S/C20H18N4O5/c1-10-21-15-13(19(25)22-10)18(28-3)16-14(17(15)27-2)20(26)24-12(23-16)9-29-11-7-5-4-6-8-11/h4-8H,9H2,1-3H3,(H,21,22,25)(H,23,24,26). The smallest absolute Gasteiger partial charge is 0.262 e. The van der Waals surface area contributed by atoms with Gasteiger partial charge >= 0.3 is 0 Å². The van der Waals surface area contributed by atoms with Crippen molar-refractivity contribution in [3.05, 3.63) is 62.7 Å². The first-order valence-electron chi connectivity index (χ1n) is 8.78. The lowest BCUT2D eigenvalue weighted by molar-refractivity contribution is 0.296. The first kappa shape index (κ1) is 18.5. The first-order chi connectivity index (χ1) is 14.0. The molecule has 0 atom stereocenters. The average molecular weight is 394 g/mol. The van der Waals surface area contributed by atoms with Crippen LogP contribution in [0.25, 0.3) is 21.8 Å². The molecular weight excluding hydrogens is 376 g/mol. The van der Waals surface area contributed by atoms with E-state index in [1.165, 1.54) is 14.2 Å². The van der Waals surface area contributed by atoms with Crippen LogP contribution in [-0.2, 0) is 6.61 Å². The monoisotopic (exact) mass is 394 g/mol. The van der Waals surface area contributed by atoms with Crippen molar-refractivity contribution >= 4 is 21.8 Å². The van der Waals surface area contributed by atoms with Gasteiger partial charge in [0, 0.05) is 0 Å². The fourth-order valence-electron chi connectivity index (χ4n) is 3.23.